The van der Waals surface area contributed by atoms with E-state index < -0.39 is 0 Å². The van der Waals surface area contributed by atoms with Gasteiger partial charge in [-0.3, -0.25) is 14.5 Å². The van der Waals surface area contributed by atoms with Crippen LogP contribution in [0, 0.1) is 12.3 Å². The molecule has 5 heterocycles. The molecule has 2 aromatic heterocycles. The second kappa shape index (κ2) is 8.76. The van der Waals surface area contributed by atoms with E-state index >= 15 is 0 Å². The molecule has 1 atom stereocenters. The van der Waals surface area contributed by atoms with Crippen LogP contribution in [0.2, 0.25) is 0 Å². The van der Waals surface area contributed by atoms with Gasteiger partial charge in [-0.05, 0) is 30.7 Å². The van der Waals surface area contributed by atoms with Gasteiger partial charge in [0.05, 0.1) is 18.9 Å². The zero-order valence-corrected chi connectivity index (χ0v) is 20.4. The van der Waals surface area contributed by atoms with E-state index in [-0.39, 0.29) is 23.3 Å². The Morgan fingerprint density at radius 2 is 2.11 bits per heavy atom. The van der Waals surface area contributed by atoms with Crippen molar-refractivity contribution in [1.82, 2.24) is 14.8 Å². The predicted octanol–water partition coefficient (Wildman–Crippen LogP) is 2.87. The van der Waals surface area contributed by atoms with Crippen molar-refractivity contribution >= 4 is 40.4 Å². The molecule has 0 aliphatic carbocycles. The number of carbonyl (C=O) groups excluding carboxylic acids is 2. The van der Waals surface area contributed by atoms with Crippen LogP contribution in [0.3, 0.4) is 0 Å². The lowest BCUT2D eigenvalue weighted by atomic mass is 9.77. The molecule has 6 rings (SSSR count). The topological polar surface area (TPSA) is 99.9 Å². The second-order valence-corrected chi connectivity index (χ2v) is 10.1. The van der Waals surface area contributed by atoms with Gasteiger partial charge in [0.1, 0.15) is 17.4 Å². The van der Waals surface area contributed by atoms with Gasteiger partial charge >= 0.3 is 0 Å². The summed E-state index contributed by atoms with van der Waals surface area (Å²) in [5, 5.41) is 7.33. The lowest BCUT2D eigenvalue weighted by molar-refractivity contribution is -0.197. The average Bonchev–Trinajstić information content (AvgIpc) is 3.03. The first-order chi connectivity index (χ1) is 17.4. The number of ether oxygens (including phenoxy) is 1. The van der Waals surface area contributed by atoms with Crippen LogP contribution in [-0.4, -0.2) is 72.5 Å². The fraction of sp³-hybridized carbons (Fsp3) is 0.370. The van der Waals surface area contributed by atoms with E-state index in [0.717, 1.165) is 59.8 Å². The standard InChI is InChI=1S/C27H29N5O4/c1-17-20(19-5-3-4-6-23(19)36-17)12-31(2)24(33)8-7-18-9-21-25(29-10-18)30-26(34)22(11-28-21)32-13-27(14-32)15-35-16-27/h3-10,22,28H,11-16H2,1-2H3,(H,29,30,34)/b8-7+/t22-/m0/s1. The Bertz CT molecular complexity index is 1370. The predicted molar refractivity (Wildman–Crippen MR) is 136 cm³/mol. The first-order valence-corrected chi connectivity index (χ1v) is 12.2. The maximum absolute atomic E-state index is 12.8. The Balaban J connectivity index is 1.10. The maximum Gasteiger partial charge on any atom is 0.246 e. The molecule has 9 nitrogen and oxygen atoms in total. The third-order valence-electron chi connectivity index (χ3n) is 7.36. The number of likely N-dealkylation sites (tertiary alicyclic amines) is 1. The number of benzene rings is 1. The van der Waals surface area contributed by atoms with E-state index in [1.807, 2.05) is 37.3 Å². The summed E-state index contributed by atoms with van der Waals surface area (Å²) in [5.74, 6) is 1.15. The Hall–Kier alpha value is -3.69. The molecule has 3 aliphatic heterocycles. The fourth-order valence-corrected chi connectivity index (χ4v) is 5.24. The van der Waals surface area contributed by atoms with Gasteiger partial charge in [0.15, 0.2) is 5.82 Å². The van der Waals surface area contributed by atoms with Crippen LogP contribution in [-0.2, 0) is 20.9 Å². The van der Waals surface area contributed by atoms with Gasteiger partial charge in [-0.15, -0.1) is 0 Å². The molecule has 0 saturated carbocycles. The molecule has 36 heavy (non-hydrogen) atoms. The van der Waals surface area contributed by atoms with Gasteiger partial charge in [-0.25, -0.2) is 4.98 Å². The number of carbonyl (C=O) groups is 2. The third kappa shape index (κ3) is 4.04. The van der Waals surface area contributed by atoms with Crippen molar-refractivity contribution in [2.75, 3.05) is 50.5 Å². The van der Waals surface area contributed by atoms with Crippen LogP contribution < -0.4 is 10.6 Å². The molecular weight excluding hydrogens is 458 g/mol. The number of hydrogen-bond acceptors (Lipinski definition) is 7. The lowest BCUT2D eigenvalue weighted by Crippen LogP contribution is -2.70. The van der Waals surface area contributed by atoms with Crippen molar-refractivity contribution in [2.45, 2.75) is 19.5 Å². The number of para-hydroxylation sites is 1. The molecule has 3 aromatic rings. The number of hydrogen-bond donors (Lipinski definition) is 2. The number of aromatic nitrogens is 1. The van der Waals surface area contributed by atoms with Gasteiger partial charge in [0.25, 0.3) is 0 Å². The maximum atomic E-state index is 12.8. The number of pyridine rings is 1. The SMILES string of the molecule is Cc1oc2ccccc2c1CN(C)C(=O)/C=C/c1cnc2c(c1)NC[C@H](N1CC3(COC3)C1)C(=O)N2. The van der Waals surface area contributed by atoms with E-state index in [1.54, 1.807) is 30.3 Å². The summed E-state index contributed by atoms with van der Waals surface area (Å²) >= 11 is 0. The number of aryl methyl sites for hydroxylation is 1. The summed E-state index contributed by atoms with van der Waals surface area (Å²) in [6, 6.07) is 9.50. The zero-order valence-electron chi connectivity index (χ0n) is 20.4. The highest BCUT2D eigenvalue weighted by atomic mass is 16.5. The third-order valence-corrected chi connectivity index (χ3v) is 7.36. The Kier molecular flexibility index (Phi) is 5.54. The molecular formula is C27H29N5O4. The van der Waals surface area contributed by atoms with Crippen LogP contribution in [0.25, 0.3) is 17.0 Å². The van der Waals surface area contributed by atoms with Gasteiger partial charge in [-0.2, -0.15) is 0 Å². The van der Waals surface area contributed by atoms with Gasteiger partial charge in [0, 0.05) is 61.9 Å². The number of rotatable bonds is 5. The van der Waals surface area contributed by atoms with E-state index in [1.165, 1.54) is 0 Å². The minimum absolute atomic E-state index is 0.0500. The Morgan fingerprint density at radius 1 is 1.31 bits per heavy atom. The molecule has 0 unspecified atom stereocenters. The van der Waals surface area contributed by atoms with Crippen LogP contribution in [0.5, 0.6) is 0 Å². The molecule has 2 N–H and O–H groups in total. The lowest BCUT2D eigenvalue weighted by Gasteiger charge is -2.56. The number of likely N-dealkylation sites (N-methyl/N-ethyl adjacent to an activating group) is 1. The van der Waals surface area contributed by atoms with Crippen molar-refractivity contribution in [3.05, 3.63) is 59.5 Å². The van der Waals surface area contributed by atoms with Gasteiger partial charge < -0.3 is 24.7 Å². The van der Waals surface area contributed by atoms with Crippen molar-refractivity contribution in [2.24, 2.45) is 5.41 Å². The highest BCUT2D eigenvalue weighted by molar-refractivity contribution is 5.99. The first-order valence-electron chi connectivity index (χ1n) is 12.2. The number of nitrogens with one attached hydrogen (secondary N) is 2. The number of fused-ring (bicyclic) bond motifs is 2. The molecule has 0 radical (unpaired) electrons. The molecule has 0 bridgehead atoms. The Morgan fingerprint density at radius 3 is 2.89 bits per heavy atom. The highest BCUT2D eigenvalue weighted by Gasteiger charge is 2.52. The van der Waals surface area contributed by atoms with Gasteiger partial charge in [-0.1, -0.05) is 18.2 Å². The average molecular weight is 488 g/mol. The summed E-state index contributed by atoms with van der Waals surface area (Å²) in [4.78, 5) is 33.9. The molecule has 9 heteroatoms. The first kappa shape index (κ1) is 22.8. The molecule has 2 saturated heterocycles. The van der Waals surface area contributed by atoms with Crippen molar-refractivity contribution in [3.63, 3.8) is 0 Å². The summed E-state index contributed by atoms with van der Waals surface area (Å²) in [6.45, 7) is 6.22. The molecule has 2 amide bonds. The smallest absolute Gasteiger partial charge is 0.246 e. The van der Waals surface area contributed by atoms with Crippen LogP contribution in [0.4, 0.5) is 11.5 Å². The number of nitrogens with zero attached hydrogens (tertiary/aromatic N) is 3. The summed E-state index contributed by atoms with van der Waals surface area (Å²) < 4.78 is 11.2. The van der Waals surface area contributed by atoms with Crippen LogP contribution in [0.15, 0.2) is 47.0 Å². The van der Waals surface area contributed by atoms with E-state index in [2.05, 4.69) is 20.5 Å². The molecule has 3 aliphatic rings. The number of anilines is 2. The fourth-order valence-electron chi connectivity index (χ4n) is 5.24. The minimum atomic E-state index is -0.248. The molecule has 1 aromatic carbocycles. The van der Waals surface area contributed by atoms with Crippen LogP contribution in [0.1, 0.15) is 16.9 Å². The van der Waals surface area contributed by atoms with E-state index in [0.29, 0.717) is 18.9 Å². The van der Waals surface area contributed by atoms with E-state index in [9.17, 15) is 9.59 Å². The van der Waals surface area contributed by atoms with Crippen molar-refractivity contribution < 1.29 is 18.7 Å². The highest BCUT2D eigenvalue weighted by Crippen LogP contribution is 2.39. The van der Waals surface area contributed by atoms with Crippen molar-refractivity contribution in [1.29, 1.82) is 0 Å². The quantitative estimate of drug-likeness (QED) is 0.534. The number of amides is 2. The molecule has 1 spiro atoms. The molecule has 2 fully saturated rings. The van der Waals surface area contributed by atoms with Crippen LogP contribution >= 0.6 is 0 Å². The summed E-state index contributed by atoms with van der Waals surface area (Å²) in [7, 11) is 1.77. The molecule has 186 valence electrons. The minimum Gasteiger partial charge on any atom is -0.461 e. The largest absolute Gasteiger partial charge is 0.461 e. The normalized spacial score (nSPS) is 20.8. The number of furan rings is 1. The zero-order chi connectivity index (χ0) is 24.9. The summed E-state index contributed by atoms with van der Waals surface area (Å²) in [5.41, 5.74) is 3.60. The van der Waals surface area contributed by atoms with Crippen molar-refractivity contribution in [3.8, 4) is 0 Å². The Labute approximate surface area is 209 Å². The monoisotopic (exact) mass is 487 g/mol. The van der Waals surface area contributed by atoms with E-state index in [4.69, 9.17) is 9.15 Å². The second-order valence-electron chi connectivity index (χ2n) is 10.1. The van der Waals surface area contributed by atoms with Gasteiger partial charge in [0.2, 0.25) is 11.8 Å². The summed E-state index contributed by atoms with van der Waals surface area (Å²) in [6.07, 6.45) is 4.94.